The number of hydrogen-bond acceptors (Lipinski definition) is 4. The van der Waals surface area contributed by atoms with E-state index in [1.807, 2.05) is 12.2 Å². The van der Waals surface area contributed by atoms with Crippen LogP contribution >= 0.6 is 11.6 Å². The van der Waals surface area contributed by atoms with Crippen molar-refractivity contribution in [2.75, 3.05) is 19.5 Å². The summed E-state index contributed by atoms with van der Waals surface area (Å²) in [5.74, 6) is 1.06. The van der Waals surface area contributed by atoms with Gasteiger partial charge < -0.3 is 19.8 Å². The highest BCUT2D eigenvalue weighted by molar-refractivity contribution is 6.17. The van der Waals surface area contributed by atoms with Gasteiger partial charge in [0.15, 0.2) is 0 Å². The lowest BCUT2D eigenvalue weighted by Gasteiger charge is -2.58. The molecule has 0 radical (unpaired) electrons. The van der Waals surface area contributed by atoms with E-state index in [1.165, 1.54) is 11.1 Å². The maximum absolute atomic E-state index is 10.8. The highest BCUT2D eigenvalue weighted by atomic mass is 35.5. The molecule has 5 heteroatoms. The minimum Gasteiger partial charge on any atom is -0.509 e. The van der Waals surface area contributed by atoms with Gasteiger partial charge in [0.25, 0.3) is 0 Å². The number of likely N-dealkylation sites (tertiary alicyclic amines) is 1. The summed E-state index contributed by atoms with van der Waals surface area (Å²) in [6, 6.07) is 0.452. The number of nitrogens with zero attached hydrogens (tertiary/aromatic N) is 1. The van der Waals surface area contributed by atoms with Crippen LogP contribution in [-0.4, -0.2) is 58.4 Å². The lowest BCUT2D eigenvalue weighted by atomic mass is 9.50. The molecule has 0 aromatic heterocycles. The summed E-state index contributed by atoms with van der Waals surface area (Å²) >= 11 is 6.12. The summed E-state index contributed by atoms with van der Waals surface area (Å²) < 4.78 is 6.53. The molecule has 0 amide bonds. The second kappa shape index (κ2) is 4.88. The molecule has 6 atom stereocenters. The zero-order chi connectivity index (χ0) is 16.7. The number of aliphatic hydroxyl groups is 2. The molecule has 1 unspecified atom stereocenters. The Labute approximate surface area is 147 Å². The highest BCUT2D eigenvalue weighted by Crippen LogP contribution is 2.68. The van der Waals surface area contributed by atoms with E-state index >= 15 is 0 Å². The average molecular weight is 350 g/mol. The van der Waals surface area contributed by atoms with Crippen LogP contribution in [0, 0.1) is 11.3 Å². The molecule has 5 aliphatic rings. The van der Waals surface area contributed by atoms with Crippen molar-refractivity contribution in [3.8, 4) is 0 Å². The SMILES string of the molecule is CN1CC[C@]23C4=C5CC=C(O)C4(CCCl)O[C@H]2[C@@H](O)C=C[C@H]3[C@H]1C5. The summed E-state index contributed by atoms with van der Waals surface area (Å²) in [5.41, 5.74) is 1.66. The molecule has 0 aromatic rings. The third-order valence-corrected chi connectivity index (χ3v) is 7.38. The third kappa shape index (κ3) is 1.57. The molecular weight excluding hydrogens is 326 g/mol. The van der Waals surface area contributed by atoms with E-state index in [4.69, 9.17) is 16.3 Å². The number of halogens is 1. The van der Waals surface area contributed by atoms with E-state index in [1.54, 1.807) is 0 Å². The topological polar surface area (TPSA) is 52.9 Å². The monoisotopic (exact) mass is 349 g/mol. The average Bonchev–Trinajstić information content (AvgIpc) is 2.87. The van der Waals surface area contributed by atoms with Gasteiger partial charge in [0, 0.05) is 29.7 Å². The minimum atomic E-state index is -0.813. The van der Waals surface area contributed by atoms with E-state index in [2.05, 4.69) is 18.0 Å². The molecule has 2 fully saturated rings. The smallest absolute Gasteiger partial charge is 0.148 e. The van der Waals surface area contributed by atoms with E-state index in [-0.39, 0.29) is 11.5 Å². The molecule has 0 aromatic carbocycles. The molecule has 2 heterocycles. The van der Waals surface area contributed by atoms with Crippen molar-refractivity contribution in [2.45, 2.75) is 49.5 Å². The quantitative estimate of drug-likeness (QED) is 0.594. The van der Waals surface area contributed by atoms with Crippen molar-refractivity contribution < 1.29 is 14.9 Å². The number of piperidine rings is 1. The van der Waals surface area contributed by atoms with Crippen molar-refractivity contribution >= 4 is 11.6 Å². The van der Waals surface area contributed by atoms with E-state index in [9.17, 15) is 10.2 Å². The fourth-order valence-electron chi connectivity index (χ4n) is 6.30. The maximum Gasteiger partial charge on any atom is 0.148 e. The molecule has 24 heavy (non-hydrogen) atoms. The molecule has 2 saturated heterocycles. The van der Waals surface area contributed by atoms with Gasteiger partial charge in [0.2, 0.25) is 0 Å². The van der Waals surface area contributed by atoms with Crippen LogP contribution in [0.1, 0.15) is 25.7 Å². The van der Waals surface area contributed by atoms with Gasteiger partial charge in [-0.05, 0) is 44.5 Å². The van der Waals surface area contributed by atoms with Gasteiger partial charge in [-0.2, -0.15) is 0 Å². The molecule has 2 bridgehead atoms. The predicted octanol–water partition coefficient (Wildman–Crippen LogP) is 2.54. The Balaban J connectivity index is 1.78. The van der Waals surface area contributed by atoms with Gasteiger partial charge in [0.1, 0.15) is 11.4 Å². The third-order valence-electron chi connectivity index (χ3n) is 7.20. The molecule has 4 nitrogen and oxygen atoms in total. The molecule has 0 saturated carbocycles. The maximum atomic E-state index is 10.8. The van der Waals surface area contributed by atoms with Crippen LogP contribution in [0.15, 0.2) is 35.1 Å². The fraction of sp³-hybridized carbons (Fsp3) is 0.684. The van der Waals surface area contributed by atoms with Gasteiger partial charge >= 0.3 is 0 Å². The van der Waals surface area contributed by atoms with E-state index in [0.717, 1.165) is 25.8 Å². The molecular formula is C19H24ClNO3. The Hall–Kier alpha value is -0.810. The number of rotatable bonds is 2. The fourth-order valence-corrected chi connectivity index (χ4v) is 6.56. The lowest BCUT2D eigenvalue weighted by Crippen LogP contribution is -2.61. The summed E-state index contributed by atoms with van der Waals surface area (Å²) in [7, 11) is 2.20. The number of alkyl halides is 1. The normalized spacial score (nSPS) is 49.2. The Morgan fingerprint density at radius 3 is 3.04 bits per heavy atom. The first-order chi connectivity index (χ1) is 11.5. The van der Waals surface area contributed by atoms with Crippen LogP contribution < -0.4 is 0 Å². The molecule has 130 valence electrons. The Bertz CT molecular complexity index is 686. The predicted molar refractivity (Wildman–Crippen MR) is 92.0 cm³/mol. The van der Waals surface area contributed by atoms with Gasteiger partial charge in [-0.3, -0.25) is 0 Å². The van der Waals surface area contributed by atoms with Crippen LogP contribution in [0.25, 0.3) is 0 Å². The Kier molecular flexibility index (Phi) is 3.14. The highest BCUT2D eigenvalue weighted by Gasteiger charge is 2.70. The molecule has 1 spiro atoms. The van der Waals surface area contributed by atoms with Gasteiger partial charge in [-0.25, -0.2) is 0 Å². The van der Waals surface area contributed by atoms with E-state index in [0.29, 0.717) is 30.0 Å². The second-order valence-corrected chi connectivity index (χ2v) is 8.40. The number of aliphatic hydroxyl groups excluding tert-OH is 2. The van der Waals surface area contributed by atoms with Crippen LogP contribution in [0.5, 0.6) is 0 Å². The van der Waals surface area contributed by atoms with Gasteiger partial charge in [-0.15, -0.1) is 11.6 Å². The Morgan fingerprint density at radius 1 is 1.42 bits per heavy atom. The minimum absolute atomic E-state index is 0.187. The first kappa shape index (κ1) is 15.4. The van der Waals surface area contributed by atoms with Crippen LogP contribution in [-0.2, 0) is 4.74 Å². The largest absolute Gasteiger partial charge is 0.509 e. The Morgan fingerprint density at radius 2 is 2.25 bits per heavy atom. The zero-order valence-electron chi connectivity index (χ0n) is 13.9. The summed E-state index contributed by atoms with van der Waals surface area (Å²) in [6.07, 6.45) is 8.44. The van der Waals surface area contributed by atoms with Crippen molar-refractivity contribution in [1.82, 2.24) is 4.90 Å². The molecule has 2 aliphatic heterocycles. The van der Waals surface area contributed by atoms with Crippen molar-refractivity contribution in [2.24, 2.45) is 11.3 Å². The molecule has 5 rings (SSSR count). The van der Waals surface area contributed by atoms with Crippen LogP contribution in [0.4, 0.5) is 0 Å². The van der Waals surface area contributed by atoms with Gasteiger partial charge in [-0.1, -0.05) is 17.7 Å². The lowest BCUT2D eigenvalue weighted by molar-refractivity contribution is -0.119. The van der Waals surface area contributed by atoms with Gasteiger partial charge in [0.05, 0.1) is 12.2 Å². The molecule has 2 N–H and O–H groups in total. The number of hydrogen-bond donors (Lipinski definition) is 2. The first-order valence-electron chi connectivity index (χ1n) is 8.97. The summed E-state index contributed by atoms with van der Waals surface area (Å²) in [4.78, 5) is 2.46. The number of ether oxygens (including phenoxy) is 1. The standard InChI is InChI=1S/C19H24ClNO3/c1-21-9-7-18-12-3-4-14(22)17(18)24-19(6-8-20)15(23)5-2-11(16(18)19)10-13(12)21/h3-5,12-14,17,22-23H,2,6-10H2,1H3/t12-,13+,14-,17-,18-,19?/m0/s1. The summed E-state index contributed by atoms with van der Waals surface area (Å²) in [6.45, 7) is 1.000. The van der Waals surface area contributed by atoms with Crippen molar-refractivity contribution in [3.05, 3.63) is 35.1 Å². The van der Waals surface area contributed by atoms with Crippen molar-refractivity contribution in [3.63, 3.8) is 0 Å². The number of allylic oxidation sites excluding steroid dienone is 1. The summed E-state index contributed by atoms with van der Waals surface area (Å²) in [5, 5.41) is 21.5. The zero-order valence-corrected chi connectivity index (χ0v) is 14.7. The van der Waals surface area contributed by atoms with Crippen molar-refractivity contribution in [1.29, 1.82) is 0 Å². The second-order valence-electron chi connectivity index (χ2n) is 8.02. The first-order valence-corrected chi connectivity index (χ1v) is 9.51. The molecule has 3 aliphatic carbocycles. The van der Waals surface area contributed by atoms with Crippen LogP contribution in [0.2, 0.25) is 0 Å². The van der Waals surface area contributed by atoms with E-state index < -0.39 is 11.7 Å². The van der Waals surface area contributed by atoms with Crippen LogP contribution in [0.3, 0.4) is 0 Å².